The first-order chi connectivity index (χ1) is 11.3. The van der Waals surface area contributed by atoms with Crippen LogP contribution in [0.4, 0.5) is 4.79 Å². The van der Waals surface area contributed by atoms with E-state index in [1.165, 1.54) is 0 Å². The third kappa shape index (κ3) is 6.55. The molecule has 0 aromatic carbocycles. The second-order valence-electron chi connectivity index (χ2n) is 7.01. The number of amides is 1. The van der Waals surface area contributed by atoms with Gasteiger partial charge in [0.15, 0.2) is 5.96 Å². The normalized spacial score (nSPS) is 17.1. The lowest BCUT2D eigenvalue weighted by Crippen LogP contribution is -2.50. The number of likely N-dealkylation sites (N-methyl/N-ethyl adjacent to an activating group) is 1. The molecule has 7 nitrogen and oxygen atoms in total. The predicted molar refractivity (Wildman–Crippen MR) is 98.5 cm³/mol. The van der Waals surface area contributed by atoms with Crippen molar-refractivity contribution in [2.24, 2.45) is 4.99 Å². The van der Waals surface area contributed by atoms with Crippen molar-refractivity contribution in [2.45, 2.75) is 52.1 Å². The van der Waals surface area contributed by atoms with Gasteiger partial charge in [0, 0.05) is 31.2 Å². The minimum absolute atomic E-state index is 0.00955. The monoisotopic (exact) mass is 341 g/mol. The summed E-state index contributed by atoms with van der Waals surface area (Å²) in [5.74, 6) is 0.849. The SMILES string of the molecule is CCNC(=NCC(C)(C)N(C)C)NC1CCN(C(=O)OCC)CC1. The zero-order chi connectivity index (χ0) is 18.2. The molecule has 0 unspecified atom stereocenters. The van der Waals surface area contributed by atoms with Gasteiger partial charge in [-0.05, 0) is 54.6 Å². The van der Waals surface area contributed by atoms with Crippen LogP contribution in [0.2, 0.25) is 0 Å². The number of carbonyl (C=O) groups is 1. The lowest BCUT2D eigenvalue weighted by molar-refractivity contribution is 0.0963. The minimum atomic E-state index is -0.204. The van der Waals surface area contributed by atoms with Gasteiger partial charge in [0.1, 0.15) is 0 Å². The average molecular weight is 342 g/mol. The van der Waals surface area contributed by atoms with Crippen molar-refractivity contribution < 1.29 is 9.53 Å². The zero-order valence-electron chi connectivity index (χ0n) is 16.2. The lowest BCUT2D eigenvalue weighted by Gasteiger charge is -2.33. The molecular formula is C17H35N5O2. The van der Waals surface area contributed by atoms with Crippen molar-refractivity contribution >= 4 is 12.1 Å². The average Bonchev–Trinajstić information content (AvgIpc) is 2.53. The standard InChI is InChI=1S/C17H35N5O2/c1-7-18-15(19-13-17(3,4)21(5)6)20-14-9-11-22(12-10-14)16(23)24-8-2/h14H,7-13H2,1-6H3,(H2,18,19,20). The molecule has 0 saturated carbocycles. The molecule has 0 radical (unpaired) electrons. The number of rotatable bonds is 6. The molecule has 1 fully saturated rings. The van der Waals surface area contributed by atoms with Crippen LogP contribution in [0.3, 0.4) is 0 Å². The van der Waals surface area contributed by atoms with Crippen LogP contribution in [0.15, 0.2) is 4.99 Å². The smallest absolute Gasteiger partial charge is 0.409 e. The summed E-state index contributed by atoms with van der Waals surface area (Å²) in [5.41, 5.74) is 0.00955. The number of ether oxygens (including phenoxy) is 1. The number of guanidine groups is 1. The van der Waals surface area contributed by atoms with E-state index in [0.717, 1.165) is 45.0 Å². The Morgan fingerprint density at radius 2 is 1.92 bits per heavy atom. The van der Waals surface area contributed by atoms with Crippen molar-refractivity contribution in [2.75, 3.05) is 46.9 Å². The van der Waals surface area contributed by atoms with E-state index in [-0.39, 0.29) is 11.6 Å². The summed E-state index contributed by atoms with van der Waals surface area (Å²) in [6.45, 7) is 11.7. The van der Waals surface area contributed by atoms with Gasteiger partial charge in [-0.1, -0.05) is 0 Å². The number of piperidine rings is 1. The topological polar surface area (TPSA) is 69.2 Å². The van der Waals surface area contributed by atoms with Crippen LogP contribution < -0.4 is 10.6 Å². The molecule has 1 saturated heterocycles. The van der Waals surface area contributed by atoms with Crippen molar-refractivity contribution in [3.8, 4) is 0 Å². The summed E-state index contributed by atoms with van der Waals surface area (Å²) in [4.78, 5) is 20.4. The van der Waals surface area contributed by atoms with E-state index < -0.39 is 0 Å². The summed E-state index contributed by atoms with van der Waals surface area (Å²) in [6.07, 6.45) is 1.60. The molecule has 0 aromatic heterocycles. The number of likely N-dealkylation sites (tertiary alicyclic amines) is 1. The molecule has 1 aliphatic rings. The van der Waals surface area contributed by atoms with Gasteiger partial charge >= 0.3 is 6.09 Å². The highest BCUT2D eigenvalue weighted by Crippen LogP contribution is 2.12. The van der Waals surface area contributed by atoms with Gasteiger partial charge in [0.25, 0.3) is 0 Å². The molecule has 7 heteroatoms. The summed E-state index contributed by atoms with van der Waals surface area (Å²) in [7, 11) is 4.14. The Bertz CT molecular complexity index is 415. The Hall–Kier alpha value is -1.50. The van der Waals surface area contributed by atoms with Crippen LogP contribution in [0.25, 0.3) is 0 Å². The van der Waals surface area contributed by atoms with Crippen molar-refractivity contribution in [1.82, 2.24) is 20.4 Å². The molecule has 140 valence electrons. The van der Waals surface area contributed by atoms with Crippen LogP contribution in [-0.4, -0.2) is 80.3 Å². The van der Waals surface area contributed by atoms with Gasteiger partial charge < -0.3 is 25.2 Å². The highest BCUT2D eigenvalue weighted by molar-refractivity contribution is 5.80. The molecule has 0 bridgehead atoms. The first-order valence-electron chi connectivity index (χ1n) is 8.94. The summed E-state index contributed by atoms with van der Waals surface area (Å²) in [6, 6.07) is 0.330. The fraction of sp³-hybridized carbons (Fsp3) is 0.882. The Labute approximate surface area is 146 Å². The van der Waals surface area contributed by atoms with Crippen LogP contribution in [0, 0.1) is 0 Å². The molecule has 1 aliphatic heterocycles. The molecule has 0 spiro atoms. The van der Waals surface area contributed by atoms with E-state index in [9.17, 15) is 4.79 Å². The molecule has 2 N–H and O–H groups in total. The summed E-state index contributed by atoms with van der Waals surface area (Å²) in [5, 5.41) is 6.81. The summed E-state index contributed by atoms with van der Waals surface area (Å²) < 4.78 is 5.06. The second kappa shape index (κ2) is 9.71. The zero-order valence-corrected chi connectivity index (χ0v) is 16.2. The Morgan fingerprint density at radius 3 is 2.42 bits per heavy atom. The summed E-state index contributed by atoms with van der Waals surface area (Å²) >= 11 is 0. The molecule has 0 aromatic rings. The number of carbonyl (C=O) groups excluding carboxylic acids is 1. The molecule has 0 aliphatic carbocycles. The van der Waals surface area contributed by atoms with E-state index in [1.54, 1.807) is 4.90 Å². The Balaban J connectivity index is 2.53. The van der Waals surface area contributed by atoms with Crippen molar-refractivity contribution in [1.29, 1.82) is 0 Å². The molecule has 1 rings (SSSR count). The van der Waals surface area contributed by atoms with Gasteiger partial charge in [-0.15, -0.1) is 0 Å². The van der Waals surface area contributed by atoms with Gasteiger partial charge in [0.05, 0.1) is 13.2 Å². The maximum Gasteiger partial charge on any atom is 0.409 e. The molecular weight excluding hydrogens is 306 g/mol. The maximum absolute atomic E-state index is 11.7. The Kier molecular flexibility index (Phi) is 8.31. The van der Waals surface area contributed by atoms with Gasteiger partial charge in [0.2, 0.25) is 0 Å². The number of hydrogen-bond donors (Lipinski definition) is 2. The largest absolute Gasteiger partial charge is 0.450 e. The predicted octanol–water partition coefficient (Wildman–Crippen LogP) is 1.50. The fourth-order valence-electron chi connectivity index (χ4n) is 2.35. The second-order valence-corrected chi connectivity index (χ2v) is 7.01. The van der Waals surface area contributed by atoms with Gasteiger partial charge in [-0.2, -0.15) is 0 Å². The first-order valence-corrected chi connectivity index (χ1v) is 8.94. The molecule has 1 amide bonds. The maximum atomic E-state index is 11.7. The Morgan fingerprint density at radius 1 is 1.29 bits per heavy atom. The number of aliphatic imine (C=N–C) groups is 1. The van der Waals surface area contributed by atoms with E-state index >= 15 is 0 Å². The van der Waals surface area contributed by atoms with Crippen molar-refractivity contribution in [3.05, 3.63) is 0 Å². The fourth-order valence-corrected chi connectivity index (χ4v) is 2.35. The number of nitrogens with zero attached hydrogens (tertiary/aromatic N) is 3. The van der Waals surface area contributed by atoms with Crippen LogP contribution in [-0.2, 0) is 4.74 Å². The molecule has 1 heterocycles. The van der Waals surface area contributed by atoms with Crippen LogP contribution in [0.5, 0.6) is 0 Å². The molecule has 24 heavy (non-hydrogen) atoms. The number of hydrogen-bond acceptors (Lipinski definition) is 4. The third-order valence-electron chi connectivity index (χ3n) is 4.54. The highest BCUT2D eigenvalue weighted by Gasteiger charge is 2.25. The van der Waals surface area contributed by atoms with E-state index in [1.807, 2.05) is 6.92 Å². The van der Waals surface area contributed by atoms with E-state index in [2.05, 4.69) is 50.4 Å². The highest BCUT2D eigenvalue weighted by atomic mass is 16.6. The van der Waals surface area contributed by atoms with E-state index in [0.29, 0.717) is 12.6 Å². The van der Waals surface area contributed by atoms with Crippen LogP contribution in [0.1, 0.15) is 40.5 Å². The molecule has 0 atom stereocenters. The van der Waals surface area contributed by atoms with Gasteiger partial charge in [-0.3, -0.25) is 4.99 Å². The minimum Gasteiger partial charge on any atom is -0.450 e. The lowest BCUT2D eigenvalue weighted by atomic mass is 10.0. The quantitative estimate of drug-likeness (QED) is 0.566. The van der Waals surface area contributed by atoms with Gasteiger partial charge in [-0.25, -0.2) is 4.79 Å². The number of nitrogens with one attached hydrogen (secondary N) is 2. The van der Waals surface area contributed by atoms with Crippen LogP contribution >= 0.6 is 0 Å². The van der Waals surface area contributed by atoms with E-state index in [4.69, 9.17) is 9.73 Å². The third-order valence-corrected chi connectivity index (χ3v) is 4.54. The van der Waals surface area contributed by atoms with Crippen molar-refractivity contribution in [3.63, 3.8) is 0 Å². The first kappa shape index (κ1) is 20.5.